The van der Waals surface area contributed by atoms with Gasteiger partial charge in [-0.2, -0.15) is 4.98 Å². The first-order valence-corrected chi connectivity index (χ1v) is 12.1. The molecule has 2 saturated heterocycles. The van der Waals surface area contributed by atoms with E-state index in [2.05, 4.69) is 33.8 Å². The van der Waals surface area contributed by atoms with Crippen LogP contribution in [0, 0.1) is 0 Å². The number of halogens is 1. The second-order valence-corrected chi connectivity index (χ2v) is 9.52. The Morgan fingerprint density at radius 2 is 1.79 bits per heavy atom. The van der Waals surface area contributed by atoms with Crippen molar-refractivity contribution in [2.24, 2.45) is 0 Å². The lowest BCUT2D eigenvalue weighted by molar-refractivity contribution is -0.117. The van der Waals surface area contributed by atoms with Crippen molar-refractivity contribution in [3.8, 4) is 5.75 Å². The number of anilines is 2. The third kappa shape index (κ3) is 5.95. The molecule has 0 N–H and O–H groups in total. The van der Waals surface area contributed by atoms with Crippen LogP contribution >= 0.6 is 11.6 Å². The van der Waals surface area contributed by atoms with Crippen LogP contribution in [0.25, 0.3) is 0 Å². The van der Waals surface area contributed by atoms with Gasteiger partial charge < -0.3 is 24.1 Å². The highest BCUT2D eigenvalue weighted by Gasteiger charge is 2.28. The zero-order chi connectivity index (χ0) is 23.4. The zero-order valence-corrected chi connectivity index (χ0v) is 20.4. The summed E-state index contributed by atoms with van der Waals surface area (Å²) in [7, 11) is 1.77. The van der Waals surface area contributed by atoms with Crippen molar-refractivity contribution in [2.45, 2.75) is 57.7 Å². The number of benzene rings is 1. The van der Waals surface area contributed by atoms with Crippen LogP contribution in [0.3, 0.4) is 0 Å². The van der Waals surface area contributed by atoms with Gasteiger partial charge in [0.2, 0.25) is 5.95 Å². The molecule has 2 atom stereocenters. The fourth-order valence-electron chi connectivity index (χ4n) is 4.65. The molecule has 0 spiro atoms. The van der Waals surface area contributed by atoms with E-state index in [-0.39, 0.29) is 17.8 Å². The minimum Gasteiger partial charge on any atom is -0.489 e. The predicted molar refractivity (Wildman–Crippen MR) is 131 cm³/mol. The van der Waals surface area contributed by atoms with Gasteiger partial charge in [-0.3, -0.25) is 0 Å². The van der Waals surface area contributed by atoms with Crippen molar-refractivity contribution >= 4 is 29.2 Å². The lowest BCUT2D eigenvalue weighted by Gasteiger charge is -2.31. The number of methoxy groups -OCH3 is 1. The van der Waals surface area contributed by atoms with Crippen molar-refractivity contribution in [3.63, 3.8) is 0 Å². The molecule has 33 heavy (non-hydrogen) atoms. The molecule has 1 aromatic carbocycles. The second kappa shape index (κ2) is 10.7. The van der Waals surface area contributed by atoms with Gasteiger partial charge in [0.15, 0.2) is 5.82 Å². The molecular formula is C25H33ClN4O3. The number of piperidine rings is 1. The molecule has 4 rings (SSSR count). The minimum absolute atomic E-state index is 0.0671. The standard InChI is InChI=1S/C25H33ClN4O3/c1-17(14-18(2)31)19-4-6-21(7-5-19)33-22-10-13-30(16-22)24-23(26)15-27-25(28-24)29-11-8-20(32-3)9-12-29/h4-7,15,17,20,22H,8-14,16H2,1-3H3/t17-,22-/m1/s1. The molecule has 7 nitrogen and oxygen atoms in total. The first kappa shape index (κ1) is 23.8. The topological polar surface area (TPSA) is 67.8 Å². The average Bonchev–Trinajstić information content (AvgIpc) is 3.27. The summed E-state index contributed by atoms with van der Waals surface area (Å²) < 4.78 is 11.7. The Morgan fingerprint density at radius 1 is 1.12 bits per heavy atom. The lowest BCUT2D eigenvalue weighted by atomic mass is 9.96. The average molecular weight is 473 g/mol. The fourth-order valence-corrected chi connectivity index (χ4v) is 4.86. The molecule has 1 aromatic heterocycles. The Kier molecular flexibility index (Phi) is 7.71. The van der Waals surface area contributed by atoms with E-state index in [1.54, 1.807) is 20.2 Å². The van der Waals surface area contributed by atoms with Crippen LogP contribution in [0.1, 0.15) is 51.0 Å². The van der Waals surface area contributed by atoms with E-state index in [1.165, 1.54) is 0 Å². The van der Waals surface area contributed by atoms with Gasteiger partial charge in [0.1, 0.15) is 22.7 Å². The monoisotopic (exact) mass is 472 g/mol. The molecule has 0 unspecified atom stereocenters. The van der Waals surface area contributed by atoms with Crippen molar-refractivity contribution in [1.82, 2.24) is 9.97 Å². The van der Waals surface area contributed by atoms with Gasteiger partial charge >= 0.3 is 0 Å². The van der Waals surface area contributed by atoms with Crippen LogP contribution in [-0.2, 0) is 9.53 Å². The van der Waals surface area contributed by atoms with Gasteiger partial charge in [0.25, 0.3) is 0 Å². The van der Waals surface area contributed by atoms with Gasteiger partial charge in [-0.1, -0.05) is 30.7 Å². The Hall–Kier alpha value is -2.38. The number of carbonyl (C=O) groups excluding carboxylic acids is 1. The maximum Gasteiger partial charge on any atom is 0.227 e. The Morgan fingerprint density at radius 3 is 2.45 bits per heavy atom. The quantitative estimate of drug-likeness (QED) is 0.560. The third-order valence-electron chi connectivity index (χ3n) is 6.56. The molecule has 178 valence electrons. The number of aromatic nitrogens is 2. The van der Waals surface area contributed by atoms with E-state index in [1.807, 2.05) is 12.1 Å². The van der Waals surface area contributed by atoms with E-state index in [0.29, 0.717) is 17.5 Å². The number of carbonyl (C=O) groups is 1. The molecule has 8 heteroatoms. The summed E-state index contributed by atoms with van der Waals surface area (Å²) in [4.78, 5) is 25.0. The van der Waals surface area contributed by atoms with Crippen molar-refractivity contribution in [1.29, 1.82) is 0 Å². The first-order chi connectivity index (χ1) is 15.9. The number of hydrogen-bond donors (Lipinski definition) is 0. The smallest absolute Gasteiger partial charge is 0.227 e. The molecule has 0 radical (unpaired) electrons. The summed E-state index contributed by atoms with van der Waals surface area (Å²) in [5, 5.41) is 0.565. The first-order valence-electron chi connectivity index (χ1n) is 11.7. The summed E-state index contributed by atoms with van der Waals surface area (Å²) in [6, 6.07) is 8.09. The molecule has 0 saturated carbocycles. The van der Waals surface area contributed by atoms with Crippen LogP contribution < -0.4 is 14.5 Å². The SMILES string of the molecule is COC1CCN(c2ncc(Cl)c(N3CC[C@@H](Oc4ccc([C@H](C)CC(C)=O)cc4)C3)n2)CC1. The predicted octanol–water partition coefficient (Wildman–Crippen LogP) is 4.49. The van der Waals surface area contributed by atoms with E-state index in [0.717, 1.165) is 68.5 Å². The van der Waals surface area contributed by atoms with E-state index in [9.17, 15) is 4.79 Å². The van der Waals surface area contributed by atoms with E-state index >= 15 is 0 Å². The van der Waals surface area contributed by atoms with Gasteiger partial charge in [-0.25, -0.2) is 4.98 Å². The van der Waals surface area contributed by atoms with Gasteiger partial charge in [-0.15, -0.1) is 0 Å². The molecule has 0 amide bonds. The lowest BCUT2D eigenvalue weighted by Crippen LogP contribution is -2.38. The Bertz CT molecular complexity index is 947. The van der Waals surface area contributed by atoms with Gasteiger partial charge in [0, 0.05) is 39.6 Å². The summed E-state index contributed by atoms with van der Waals surface area (Å²) >= 11 is 6.48. The fraction of sp³-hybridized carbons (Fsp3) is 0.560. The van der Waals surface area contributed by atoms with Crippen molar-refractivity contribution in [2.75, 3.05) is 43.1 Å². The molecular weight excluding hydrogens is 440 g/mol. The maximum atomic E-state index is 11.4. The summed E-state index contributed by atoms with van der Waals surface area (Å²) in [6.45, 7) is 7.03. The second-order valence-electron chi connectivity index (χ2n) is 9.11. The summed E-state index contributed by atoms with van der Waals surface area (Å²) in [6.07, 6.45) is 5.50. The van der Waals surface area contributed by atoms with Crippen LogP contribution in [0.15, 0.2) is 30.5 Å². The highest BCUT2D eigenvalue weighted by molar-refractivity contribution is 6.32. The number of ketones is 1. The Labute approximate surface area is 201 Å². The third-order valence-corrected chi connectivity index (χ3v) is 6.83. The molecule has 3 heterocycles. The maximum absolute atomic E-state index is 11.4. The van der Waals surface area contributed by atoms with E-state index < -0.39 is 0 Å². The highest BCUT2D eigenvalue weighted by atomic mass is 35.5. The van der Waals surface area contributed by atoms with Crippen LogP contribution in [0.4, 0.5) is 11.8 Å². The zero-order valence-electron chi connectivity index (χ0n) is 19.7. The number of Topliss-reactive ketones (excluding diaryl/α,β-unsaturated/α-hetero) is 1. The minimum atomic E-state index is 0.0671. The van der Waals surface area contributed by atoms with Crippen LogP contribution in [0.5, 0.6) is 5.75 Å². The molecule has 2 aliphatic rings. The van der Waals surface area contributed by atoms with Crippen molar-refractivity contribution in [3.05, 3.63) is 41.0 Å². The molecule has 0 bridgehead atoms. The summed E-state index contributed by atoms with van der Waals surface area (Å²) in [5.41, 5.74) is 1.15. The number of hydrogen-bond acceptors (Lipinski definition) is 7. The normalized spacial score (nSPS) is 20.2. The Balaban J connectivity index is 1.36. The van der Waals surface area contributed by atoms with Gasteiger partial charge in [0.05, 0.1) is 18.8 Å². The molecule has 2 fully saturated rings. The summed E-state index contributed by atoms with van der Waals surface area (Å²) in [5.74, 6) is 2.77. The van der Waals surface area contributed by atoms with Crippen LogP contribution in [-0.4, -0.2) is 61.2 Å². The van der Waals surface area contributed by atoms with E-state index in [4.69, 9.17) is 26.1 Å². The highest BCUT2D eigenvalue weighted by Crippen LogP contribution is 2.30. The molecule has 0 aliphatic carbocycles. The number of nitrogens with zero attached hydrogens (tertiary/aromatic N) is 4. The van der Waals surface area contributed by atoms with Crippen LogP contribution in [0.2, 0.25) is 5.02 Å². The molecule has 2 aliphatic heterocycles. The molecule has 2 aromatic rings. The largest absolute Gasteiger partial charge is 0.489 e. The number of rotatable bonds is 8. The van der Waals surface area contributed by atoms with Gasteiger partial charge in [-0.05, 0) is 43.4 Å². The van der Waals surface area contributed by atoms with Crippen molar-refractivity contribution < 1.29 is 14.3 Å². The number of ether oxygens (including phenoxy) is 2.